The van der Waals surface area contributed by atoms with E-state index < -0.39 is 0 Å². The molecule has 0 aliphatic heterocycles. The van der Waals surface area contributed by atoms with E-state index in [9.17, 15) is 0 Å². The number of aromatic nitrogens is 1. The standard InChI is InChI=1S/C51H38N2/c1-51(2)45-26-14-12-23-41(45)44-33-36(29-32-46(44)51)50-40(35-17-6-3-7-18-35)25-16-28-48(50)52(37-19-8-4-9-20-37)39-30-31-43-42-24-13-15-27-47(42)53(49(43)34-39)38-21-10-5-11-22-38/h3-34H,1-2H3. The fourth-order valence-corrected chi connectivity index (χ4v) is 8.72. The van der Waals surface area contributed by atoms with Gasteiger partial charge in [0.05, 0.1) is 16.7 Å². The van der Waals surface area contributed by atoms with Gasteiger partial charge in [-0.05, 0) is 93.5 Å². The van der Waals surface area contributed by atoms with Crippen LogP contribution in [-0.4, -0.2) is 4.57 Å². The van der Waals surface area contributed by atoms with Crippen LogP contribution in [0.25, 0.3) is 60.9 Å². The highest BCUT2D eigenvalue weighted by molar-refractivity contribution is 6.11. The van der Waals surface area contributed by atoms with E-state index in [1.54, 1.807) is 0 Å². The third-order valence-corrected chi connectivity index (χ3v) is 11.2. The molecule has 8 aromatic carbocycles. The third kappa shape index (κ3) is 4.94. The molecular weight excluding hydrogens is 641 g/mol. The van der Waals surface area contributed by atoms with E-state index in [2.05, 4.69) is 217 Å². The lowest BCUT2D eigenvalue weighted by Gasteiger charge is -2.29. The van der Waals surface area contributed by atoms with Crippen molar-refractivity contribution >= 4 is 38.9 Å². The highest BCUT2D eigenvalue weighted by Crippen LogP contribution is 2.52. The predicted molar refractivity (Wildman–Crippen MR) is 224 cm³/mol. The molecule has 1 aliphatic carbocycles. The zero-order valence-corrected chi connectivity index (χ0v) is 29.9. The summed E-state index contributed by atoms with van der Waals surface area (Å²) in [5.41, 5.74) is 17.0. The number of nitrogens with zero attached hydrogens (tertiary/aromatic N) is 2. The minimum Gasteiger partial charge on any atom is -0.310 e. The molecule has 2 heteroatoms. The fourth-order valence-electron chi connectivity index (χ4n) is 8.72. The molecule has 10 rings (SSSR count). The Morgan fingerprint density at radius 1 is 0.415 bits per heavy atom. The molecule has 0 saturated heterocycles. The molecule has 0 spiro atoms. The first kappa shape index (κ1) is 31.1. The molecular formula is C51H38N2. The maximum absolute atomic E-state index is 2.44. The lowest BCUT2D eigenvalue weighted by Crippen LogP contribution is -2.14. The predicted octanol–water partition coefficient (Wildman–Crippen LogP) is 13.9. The van der Waals surface area contributed by atoms with Crippen LogP contribution in [-0.2, 0) is 5.41 Å². The van der Waals surface area contributed by atoms with Crippen LogP contribution in [0, 0.1) is 0 Å². The Hall–Kier alpha value is -6.64. The van der Waals surface area contributed by atoms with Crippen molar-refractivity contribution in [3.63, 3.8) is 0 Å². The number of hydrogen-bond donors (Lipinski definition) is 0. The van der Waals surface area contributed by atoms with Crippen LogP contribution in [0.15, 0.2) is 194 Å². The number of rotatable bonds is 6. The Labute approximate surface area is 310 Å². The molecule has 0 saturated carbocycles. The van der Waals surface area contributed by atoms with Gasteiger partial charge < -0.3 is 9.47 Å². The second-order valence-corrected chi connectivity index (χ2v) is 14.6. The smallest absolute Gasteiger partial charge is 0.0561 e. The number of hydrogen-bond acceptors (Lipinski definition) is 1. The van der Waals surface area contributed by atoms with Gasteiger partial charge in [0.15, 0.2) is 0 Å². The minimum atomic E-state index is -0.0606. The summed E-state index contributed by atoms with van der Waals surface area (Å²) in [5, 5.41) is 2.48. The van der Waals surface area contributed by atoms with Gasteiger partial charge in [-0.15, -0.1) is 0 Å². The Balaban J connectivity index is 1.26. The van der Waals surface area contributed by atoms with Gasteiger partial charge in [0.25, 0.3) is 0 Å². The van der Waals surface area contributed by atoms with Gasteiger partial charge >= 0.3 is 0 Å². The maximum Gasteiger partial charge on any atom is 0.0561 e. The van der Waals surface area contributed by atoms with Crippen molar-refractivity contribution in [2.45, 2.75) is 19.3 Å². The number of anilines is 3. The van der Waals surface area contributed by atoms with Crippen LogP contribution in [0.4, 0.5) is 17.1 Å². The average molecular weight is 679 g/mol. The molecule has 9 aromatic rings. The summed E-state index contributed by atoms with van der Waals surface area (Å²) in [4.78, 5) is 2.44. The van der Waals surface area contributed by atoms with Gasteiger partial charge in [0.1, 0.15) is 0 Å². The van der Waals surface area contributed by atoms with E-state index in [-0.39, 0.29) is 5.41 Å². The largest absolute Gasteiger partial charge is 0.310 e. The summed E-state index contributed by atoms with van der Waals surface area (Å²) in [6, 6.07) is 70.9. The third-order valence-electron chi connectivity index (χ3n) is 11.2. The van der Waals surface area contributed by atoms with Crippen molar-refractivity contribution in [1.29, 1.82) is 0 Å². The van der Waals surface area contributed by atoms with E-state index in [0.717, 1.165) is 22.7 Å². The van der Waals surface area contributed by atoms with Crippen molar-refractivity contribution < 1.29 is 0 Å². The quantitative estimate of drug-likeness (QED) is 0.170. The van der Waals surface area contributed by atoms with E-state index >= 15 is 0 Å². The van der Waals surface area contributed by atoms with Crippen LogP contribution in [0.5, 0.6) is 0 Å². The monoisotopic (exact) mass is 678 g/mol. The van der Waals surface area contributed by atoms with E-state index in [1.807, 2.05) is 0 Å². The first-order chi connectivity index (χ1) is 26.1. The molecule has 0 N–H and O–H groups in total. The molecule has 252 valence electrons. The second kappa shape index (κ2) is 12.3. The Bertz CT molecular complexity index is 2790. The van der Waals surface area contributed by atoms with Crippen molar-refractivity contribution in [2.24, 2.45) is 0 Å². The van der Waals surface area contributed by atoms with Crippen molar-refractivity contribution in [3.8, 4) is 39.1 Å². The summed E-state index contributed by atoms with van der Waals surface area (Å²) >= 11 is 0. The SMILES string of the molecule is CC1(C)c2ccccc2-c2cc(-c3c(-c4ccccc4)cccc3N(c3ccccc3)c3ccc4c5ccccc5n(-c5ccccc5)c4c3)ccc21. The first-order valence-corrected chi connectivity index (χ1v) is 18.4. The lowest BCUT2D eigenvalue weighted by molar-refractivity contribution is 0.660. The van der Waals surface area contributed by atoms with Crippen LogP contribution >= 0.6 is 0 Å². The van der Waals surface area contributed by atoms with Gasteiger partial charge in [-0.1, -0.05) is 153 Å². The van der Waals surface area contributed by atoms with E-state index in [4.69, 9.17) is 0 Å². The van der Waals surface area contributed by atoms with Crippen molar-refractivity contribution in [3.05, 3.63) is 205 Å². The molecule has 53 heavy (non-hydrogen) atoms. The first-order valence-electron chi connectivity index (χ1n) is 18.4. The zero-order valence-electron chi connectivity index (χ0n) is 29.9. The molecule has 0 fully saturated rings. The summed E-state index contributed by atoms with van der Waals surface area (Å²) in [6.45, 7) is 4.70. The van der Waals surface area contributed by atoms with Gasteiger partial charge in [0, 0.05) is 38.8 Å². The van der Waals surface area contributed by atoms with Gasteiger partial charge in [-0.2, -0.15) is 0 Å². The second-order valence-electron chi connectivity index (χ2n) is 14.6. The van der Waals surface area contributed by atoms with Gasteiger partial charge in [-0.3, -0.25) is 0 Å². The van der Waals surface area contributed by atoms with E-state index in [0.29, 0.717) is 0 Å². The van der Waals surface area contributed by atoms with Crippen LogP contribution in [0.1, 0.15) is 25.0 Å². The maximum atomic E-state index is 2.44. The number of fused-ring (bicyclic) bond motifs is 6. The van der Waals surface area contributed by atoms with Crippen molar-refractivity contribution in [2.75, 3.05) is 4.90 Å². The van der Waals surface area contributed by atoms with Gasteiger partial charge in [-0.25, -0.2) is 0 Å². The summed E-state index contributed by atoms with van der Waals surface area (Å²) < 4.78 is 2.40. The molecule has 0 unspecified atom stereocenters. The molecule has 1 aromatic heterocycles. The molecule has 1 aliphatic rings. The molecule has 2 nitrogen and oxygen atoms in total. The van der Waals surface area contributed by atoms with Crippen LogP contribution in [0.2, 0.25) is 0 Å². The van der Waals surface area contributed by atoms with Crippen molar-refractivity contribution in [1.82, 2.24) is 4.57 Å². The minimum absolute atomic E-state index is 0.0606. The highest BCUT2D eigenvalue weighted by Gasteiger charge is 2.35. The molecule has 0 radical (unpaired) electrons. The zero-order chi connectivity index (χ0) is 35.5. The highest BCUT2D eigenvalue weighted by atomic mass is 15.1. The Kier molecular flexibility index (Phi) is 7.19. The molecule has 0 bridgehead atoms. The van der Waals surface area contributed by atoms with Gasteiger partial charge in [0.2, 0.25) is 0 Å². The molecule has 1 heterocycles. The van der Waals surface area contributed by atoms with Crippen LogP contribution in [0.3, 0.4) is 0 Å². The number of para-hydroxylation sites is 3. The molecule has 0 amide bonds. The normalized spacial score (nSPS) is 12.9. The lowest BCUT2D eigenvalue weighted by atomic mass is 9.82. The summed E-state index contributed by atoms with van der Waals surface area (Å²) in [7, 11) is 0. The number of benzene rings is 8. The summed E-state index contributed by atoms with van der Waals surface area (Å²) in [5.74, 6) is 0. The van der Waals surface area contributed by atoms with Crippen LogP contribution < -0.4 is 4.90 Å². The summed E-state index contributed by atoms with van der Waals surface area (Å²) in [6.07, 6.45) is 0. The Morgan fingerprint density at radius 3 is 1.87 bits per heavy atom. The fraction of sp³-hybridized carbons (Fsp3) is 0.0588. The Morgan fingerprint density at radius 2 is 1.06 bits per heavy atom. The van der Waals surface area contributed by atoms with E-state index in [1.165, 1.54) is 66.3 Å². The topological polar surface area (TPSA) is 8.17 Å². The molecule has 0 atom stereocenters. The average Bonchev–Trinajstić information content (AvgIpc) is 3.67.